The number of nitrogens with zero attached hydrogens (tertiary/aromatic N) is 1. The molecule has 0 spiro atoms. The minimum absolute atomic E-state index is 0.0689. The lowest BCUT2D eigenvalue weighted by Gasteiger charge is -2.26. The summed E-state index contributed by atoms with van der Waals surface area (Å²) < 4.78 is 51.3. The van der Waals surface area contributed by atoms with E-state index >= 15 is 0 Å². The van der Waals surface area contributed by atoms with E-state index in [0.717, 1.165) is 22.5 Å². The zero-order valence-corrected chi connectivity index (χ0v) is 19.4. The Balaban J connectivity index is 1.67. The third-order valence-electron chi connectivity index (χ3n) is 4.88. The number of carbonyl (C=O) groups is 3. The van der Waals surface area contributed by atoms with Gasteiger partial charge in [0.15, 0.2) is 6.10 Å². The first-order valence-corrected chi connectivity index (χ1v) is 11.8. The fourth-order valence-electron chi connectivity index (χ4n) is 3.12. The zero-order chi connectivity index (χ0) is 24.9. The summed E-state index contributed by atoms with van der Waals surface area (Å²) in [6.07, 6.45) is -1.23. The average Bonchev–Trinajstić information content (AvgIpc) is 2.80. The van der Waals surface area contributed by atoms with Gasteiger partial charge in [0.2, 0.25) is 15.9 Å². The summed E-state index contributed by atoms with van der Waals surface area (Å²) in [6.45, 7) is 3.22. The molecule has 1 aliphatic rings. The van der Waals surface area contributed by atoms with Crippen molar-refractivity contribution in [3.05, 3.63) is 53.8 Å². The van der Waals surface area contributed by atoms with Crippen molar-refractivity contribution in [2.45, 2.75) is 24.8 Å². The lowest BCUT2D eigenvalue weighted by molar-refractivity contribution is -0.123. The lowest BCUT2D eigenvalue weighted by Crippen LogP contribution is -2.41. The van der Waals surface area contributed by atoms with Crippen LogP contribution in [0.3, 0.4) is 0 Å². The Morgan fingerprint density at radius 3 is 2.21 bits per heavy atom. The Hall–Kier alpha value is -3.35. The largest absolute Gasteiger partial charge is 0.449 e. The molecule has 0 bridgehead atoms. The predicted octanol–water partition coefficient (Wildman–Crippen LogP) is 1.99. The van der Waals surface area contributed by atoms with Gasteiger partial charge in [0.25, 0.3) is 5.91 Å². The molecule has 1 saturated heterocycles. The Morgan fingerprint density at radius 2 is 1.62 bits per heavy atom. The number of nitrogens with one attached hydrogen (secondary N) is 2. The van der Waals surface area contributed by atoms with E-state index in [1.165, 1.54) is 13.8 Å². The third kappa shape index (κ3) is 6.16. The van der Waals surface area contributed by atoms with Crippen molar-refractivity contribution >= 4 is 39.2 Å². The Morgan fingerprint density at radius 1 is 1.03 bits per heavy atom. The second kappa shape index (κ2) is 10.7. The molecule has 2 aromatic carbocycles. The van der Waals surface area contributed by atoms with Crippen LogP contribution >= 0.6 is 0 Å². The van der Waals surface area contributed by atoms with Crippen LogP contribution in [0.25, 0.3) is 0 Å². The summed E-state index contributed by atoms with van der Waals surface area (Å²) in [5.74, 6) is -2.86. The second-order valence-corrected chi connectivity index (χ2v) is 9.36. The molecule has 1 heterocycles. The van der Waals surface area contributed by atoms with E-state index in [2.05, 4.69) is 10.6 Å². The lowest BCUT2D eigenvalue weighted by atomic mass is 10.2. The summed E-state index contributed by atoms with van der Waals surface area (Å²) in [6, 6.07) is 9.13. The number of halogens is 1. The molecule has 0 radical (unpaired) electrons. The van der Waals surface area contributed by atoms with E-state index < -0.39 is 38.7 Å². The minimum Gasteiger partial charge on any atom is -0.449 e. The highest BCUT2D eigenvalue weighted by Crippen LogP contribution is 2.22. The van der Waals surface area contributed by atoms with Crippen molar-refractivity contribution in [2.24, 2.45) is 0 Å². The van der Waals surface area contributed by atoms with E-state index in [1.54, 1.807) is 24.3 Å². The van der Waals surface area contributed by atoms with E-state index in [9.17, 15) is 27.2 Å². The summed E-state index contributed by atoms with van der Waals surface area (Å²) >= 11 is 0. The van der Waals surface area contributed by atoms with Crippen molar-refractivity contribution in [2.75, 3.05) is 36.9 Å². The van der Waals surface area contributed by atoms with Crippen LogP contribution in [0.1, 0.15) is 24.2 Å². The van der Waals surface area contributed by atoms with Crippen LogP contribution < -0.4 is 10.6 Å². The SMILES string of the molecule is CC(=O)Nc1ccc(NC(=O)[C@@H](C)OC(=O)c2ccc(F)c(S(=O)(=O)N3CCOCC3)c2)cc1. The number of amides is 2. The first-order valence-electron chi connectivity index (χ1n) is 10.3. The standard InChI is InChI=1S/C22H24FN3O7S/c1-14(21(28)25-18-6-4-17(5-7-18)24-15(2)27)33-22(29)16-3-8-19(23)20(13-16)34(30,31)26-9-11-32-12-10-26/h3-8,13-14H,9-12H2,1-2H3,(H,24,27)(H,25,28)/t14-/m1/s1. The van der Waals surface area contributed by atoms with Gasteiger partial charge in [-0.1, -0.05) is 0 Å². The number of hydrogen-bond donors (Lipinski definition) is 2. The first kappa shape index (κ1) is 25.3. The van der Waals surface area contributed by atoms with Gasteiger partial charge >= 0.3 is 5.97 Å². The van der Waals surface area contributed by atoms with Crippen LogP contribution in [0.2, 0.25) is 0 Å². The quantitative estimate of drug-likeness (QED) is 0.564. The van der Waals surface area contributed by atoms with E-state index in [4.69, 9.17) is 9.47 Å². The van der Waals surface area contributed by atoms with Crippen molar-refractivity contribution in [3.63, 3.8) is 0 Å². The highest BCUT2D eigenvalue weighted by Gasteiger charge is 2.30. The molecule has 3 rings (SSSR count). The average molecular weight is 494 g/mol. The van der Waals surface area contributed by atoms with Crippen molar-refractivity contribution in [3.8, 4) is 0 Å². The van der Waals surface area contributed by atoms with Gasteiger partial charge in [0.05, 0.1) is 18.8 Å². The molecule has 2 N–H and O–H groups in total. The van der Waals surface area contributed by atoms with Gasteiger partial charge in [-0.25, -0.2) is 17.6 Å². The molecule has 2 amide bonds. The third-order valence-corrected chi connectivity index (χ3v) is 6.79. The van der Waals surface area contributed by atoms with Gasteiger partial charge in [-0.2, -0.15) is 4.31 Å². The molecule has 34 heavy (non-hydrogen) atoms. The van der Waals surface area contributed by atoms with Gasteiger partial charge in [0.1, 0.15) is 10.7 Å². The number of rotatable bonds is 7. The highest BCUT2D eigenvalue weighted by molar-refractivity contribution is 7.89. The minimum atomic E-state index is -4.18. The molecular weight excluding hydrogens is 469 g/mol. The highest BCUT2D eigenvalue weighted by atomic mass is 32.2. The number of benzene rings is 2. The maximum Gasteiger partial charge on any atom is 0.338 e. The number of esters is 1. The molecule has 182 valence electrons. The summed E-state index contributed by atoms with van der Waals surface area (Å²) in [7, 11) is -4.18. The molecule has 1 atom stereocenters. The van der Waals surface area contributed by atoms with Crippen LogP contribution in [0.4, 0.5) is 15.8 Å². The first-order chi connectivity index (χ1) is 16.1. The van der Waals surface area contributed by atoms with Crippen LogP contribution in [0.5, 0.6) is 0 Å². The van der Waals surface area contributed by atoms with E-state index in [0.29, 0.717) is 11.4 Å². The predicted molar refractivity (Wildman–Crippen MR) is 120 cm³/mol. The van der Waals surface area contributed by atoms with Crippen molar-refractivity contribution < 1.29 is 36.7 Å². The van der Waals surface area contributed by atoms with Gasteiger partial charge in [-0.05, 0) is 49.4 Å². The fourth-order valence-corrected chi connectivity index (χ4v) is 4.62. The normalized spacial score (nSPS) is 15.3. The van der Waals surface area contributed by atoms with Gasteiger partial charge in [-0.3, -0.25) is 9.59 Å². The zero-order valence-electron chi connectivity index (χ0n) is 18.5. The molecule has 0 saturated carbocycles. The molecule has 1 fully saturated rings. The Labute approximate surface area is 196 Å². The summed E-state index contributed by atoms with van der Waals surface area (Å²) in [5, 5.41) is 5.16. The smallest absolute Gasteiger partial charge is 0.338 e. The molecule has 2 aromatic rings. The number of sulfonamides is 1. The summed E-state index contributed by atoms with van der Waals surface area (Å²) in [5.41, 5.74) is 0.735. The van der Waals surface area contributed by atoms with Crippen LogP contribution in [-0.4, -0.2) is 62.9 Å². The number of ether oxygens (including phenoxy) is 2. The molecule has 0 aromatic heterocycles. The Bertz CT molecular complexity index is 1180. The summed E-state index contributed by atoms with van der Waals surface area (Å²) in [4.78, 5) is 35.3. The molecule has 0 aliphatic carbocycles. The number of carbonyl (C=O) groups excluding carboxylic acids is 3. The topological polar surface area (TPSA) is 131 Å². The van der Waals surface area contributed by atoms with Crippen molar-refractivity contribution in [1.82, 2.24) is 4.31 Å². The number of hydrogen-bond acceptors (Lipinski definition) is 7. The molecule has 1 aliphatic heterocycles. The van der Waals surface area contributed by atoms with E-state index in [1.807, 2.05) is 0 Å². The van der Waals surface area contributed by atoms with Gasteiger partial charge in [-0.15, -0.1) is 0 Å². The monoisotopic (exact) mass is 493 g/mol. The number of morpholine rings is 1. The van der Waals surface area contributed by atoms with Crippen molar-refractivity contribution in [1.29, 1.82) is 0 Å². The van der Waals surface area contributed by atoms with E-state index in [-0.39, 0.29) is 37.8 Å². The van der Waals surface area contributed by atoms with Crippen LogP contribution in [0.15, 0.2) is 47.4 Å². The maximum atomic E-state index is 14.3. The van der Waals surface area contributed by atoms with Crippen LogP contribution in [-0.2, 0) is 29.1 Å². The molecule has 12 heteroatoms. The molecule has 0 unspecified atom stereocenters. The maximum absolute atomic E-state index is 14.3. The Kier molecular flexibility index (Phi) is 7.97. The van der Waals surface area contributed by atoms with Gasteiger partial charge in [0, 0.05) is 31.4 Å². The van der Waals surface area contributed by atoms with Gasteiger partial charge < -0.3 is 20.1 Å². The molecule has 10 nitrogen and oxygen atoms in total. The number of anilines is 2. The fraction of sp³-hybridized carbons (Fsp3) is 0.318. The van der Waals surface area contributed by atoms with Crippen LogP contribution in [0, 0.1) is 5.82 Å². The molecular formula is C22H24FN3O7S. The second-order valence-electron chi connectivity index (χ2n) is 7.46.